The van der Waals surface area contributed by atoms with Gasteiger partial charge in [-0.1, -0.05) is 108 Å². The molecule has 0 spiro atoms. The zero-order chi connectivity index (χ0) is 53.2. The number of nitrogens with zero attached hydrogens (tertiary/aromatic N) is 2. The first-order valence-corrected chi connectivity index (χ1v) is 24.0. The number of alkyl halides is 6. The van der Waals surface area contributed by atoms with Gasteiger partial charge in [0.25, 0.3) is 38.7 Å². The van der Waals surface area contributed by atoms with Crippen LogP contribution >= 0.6 is 47.0 Å². The van der Waals surface area contributed by atoms with E-state index in [0.29, 0.717) is 40.8 Å². The topological polar surface area (TPSA) is 213 Å². The number of ketones is 1. The number of halogens is 6. The molecule has 4 heterocycles. The van der Waals surface area contributed by atoms with Crippen LogP contribution in [-0.2, 0) is 28.8 Å². The summed E-state index contributed by atoms with van der Waals surface area (Å²) < 4.78 is 68.7. The second-order valence-electron chi connectivity index (χ2n) is 14.7. The van der Waals surface area contributed by atoms with Crippen molar-refractivity contribution in [2.45, 2.75) is 53.4 Å². The first kappa shape index (κ1) is 58.9. The monoisotopic (exact) mass is 1070 g/mol. The van der Waals surface area contributed by atoms with Gasteiger partial charge in [0, 0.05) is 26.6 Å². The molecule has 4 saturated heterocycles. The number of hydrogen-bond donors (Lipinski definition) is 3. The van der Waals surface area contributed by atoms with Crippen molar-refractivity contribution in [3.05, 3.63) is 121 Å². The molecule has 9 amide bonds. The molecule has 3 aromatic rings. The lowest BCUT2D eigenvalue weighted by Crippen LogP contribution is -2.42. The third-order valence-corrected chi connectivity index (χ3v) is 12.2. The summed E-state index contributed by atoms with van der Waals surface area (Å²) in [4.78, 5) is 113. The van der Waals surface area contributed by atoms with E-state index in [9.17, 15) is 74.3 Å². The summed E-state index contributed by atoms with van der Waals surface area (Å²) in [5, 5.41) is 4.65. The third kappa shape index (κ3) is 20.1. The van der Waals surface area contributed by atoms with E-state index < -0.39 is 41.7 Å². The average Bonchev–Trinajstić information content (AvgIpc) is 3.99. The molecule has 378 valence electrons. The highest BCUT2D eigenvalue weighted by Crippen LogP contribution is 2.33. The number of hydrogen-bond acceptors (Lipinski definition) is 14. The van der Waals surface area contributed by atoms with Gasteiger partial charge < -0.3 is 5.32 Å². The van der Waals surface area contributed by atoms with Crippen molar-refractivity contribution in [3.8, 4) is 0 Å². The maximum absolute atomic E-state index is 12.1. The Hall–Kier alpha value is -6.44. The molecule has 71 heavy (non-hydrogen) atoms. The molecular weight excluding hydrogens is 1020 g/mol. The number of benzene rings is 3. The molecule has 3 N–H and O–H groups in total. The average molecular weight is 1070 g/mol. The van der Waals surface area contributed by atoms with E-state index in [1.165, 1.54) is 10.5 Å². The predicted octanol–water partition coefficient (Wildman–Crippen LogP) is 9.58. The standard InChI is InChI=1S/C15H13F3N2O3S.C14H15NO2S.C11H9NO2S.C3H3F3O.C3H3NO2S/c1-9-2-4-10(5-3-9)8-11-12(21)20(14(23)24-11)7-6-19-13(22)15(16,17)18;1-3-8-15-13(16)12(18-14(15)17)9-11-6-4-10(2)5-7-11;1-7-2-4-8(5-3-7)6-9-10(13)12-11(14)15-9;1-2(7)3(4,5)6;5-2-1-7-3(6)4-2/h2-5,8H,6-7H2,1H3,(H,19,22);4-7,9H,3,8H2,1-2H3;2-6H,1H3,(H,12,13,14);1H3;1H2,(H,4,5,6)/b11-8-;12-9-;9-6-;;. The minimum absolute atomic E-state index is 0.166. The Labute approximate surface area is 419 Å². The fraction of sp³-hybridized carbons (Fsp3) is 0.261. The SMILES string of the molecule is CC(=O)C(F)(F)F.CCCN1C(=O)S/C(=C\c2ccc(C)cc2)C1=O.Cc1ccc(/C=C2\SC(=O)N(CCNC(=O)C(F)(F)F)C2=O)cc1.Cc1ccc(/C=C2\SC(=O)NC2=O)cc1.O=C1CSC(=O)N1. The molecule has 7 rings (SSSR count). The Morgan fingerprint density at radius 1 is 0.592 bits per heavy atom. The number of nitrogens with one attached hydrogen (secondary N) is 3. The number of thioether (sulfide) groups is 4. The summed E-state index contributed by atoms with van der Waals surface area (Å²) in [6, 6.07) is 22.9. The highest BCUT2D eigenvalue weighted by atomic mass is 32.2. The Morgan fingerprint density at radius 3 is 1.28 bits per heavy atom. The summed E-state index contributed by atoms with van der Waals surface area (Å²) in [6.45, 7) is 8.07. The molecule has 0 aromatic heterocycles. The number of aryl methyl sites for hydroxylation is 3. The van der Waals surface area contributed by atoms with Crippen LogP contribution in [0.2, 0.25) is 0 Å². The van der Waals surface area contributed by atoms with Gasteiger partial charge in [-0.15, -0.1) is 0 Å². The van der Waals surface area contributed by atoms with Crippen LogP contribution in [0.25, 0.3) is 18.2 Å². The van der Waals surface area contributed by atoms with Crippen LogP contribution in [0.3, 0.4) is 0 Å². The predicted molar refractivity (Wildman–Crippen MR) is 260 cm³/mol. The number of carbonyl (C=O) groups excluding carboxylic acids is 10. The Bertz CT molecular complexity index is 2610. The van der Waals surface area contributed by atoms with Crippen LogP contribution in [0.5, 0.6) is 0 Å². The Morgan fingerprint density at radius 2 is 0.986 bits per heavy atom. The first-order chi connectivity index (χ1) is 33.2. The van der Waals surface area contributed by atoms with E-state index in [1.807, 2.05) is 88.4 Å². The molecule has 25 heteroatoms. The van der Waals surface area contributed by atoms with Crippen LogP contribution in [0.15, 0.2) is 87.5 Å². The molecule has 0 aliphatic carbocycles. The van der Waals surface area contributed by atoms with Gasteiger partial charge in [-0.25, -0.2) is 0 Å². The van der Waals surface area contributed by atoms with Crippen molar-refractivity contribution in [3.63, 3.8) is 0 Å². The molecule has 0 bridgehead atoms. The van der Waals surface area contributed by atoms with Crippen LogP contribution < -0.4 is 16.0 Å². The normalized spacial score (nSPS) is 17.2. The van der Waals surface area contributed by atoms with E-state index in [-0.39, 0.29) is 44.9 Å². The van der Waals surface area contributed by atoms with E-state index >= 15 is 0 Å². The summed E-state index contributed by atoms with van der Waals surface area (Å²) in [5.74, 6) is -4.84. The van der Waals surface area contributed by atoms with Crippen molar-refractivity contribution >= 4 is 122 Å². The van der Waals surface area contributed by atoms with Gasteiger partial charge in [0.15, 0.2) is 0 Å². The van der Waals surface area contributed by atoms with Crippen molar-refractivity contribution in [1.82, 2.24) is 25.8 Å². The molecule has 3 aromatic carbocycles. The van der Waals surface area contributed by atoms with E-state index in [4.69, 9.17) is 0 Å². The largest absolute Gasteiger partial charge is 0.471 e. The number of rotatable bonds is 8. The van der Waals surface area contributed by atoms with Crippen molar-refractivity contribution in [2.75, 3.05) is 25.4 Å². The second kappa shape index (κ2) is 27.2. The molecule has 15 nitrogen and oxygen atoms in total. The minimum atomic E-state index is -5.00. The van der Waals surface area contributed by atoms with Gasteiger partial charge in [0.2, 0.25) is 11.7 Å². The maximum Gasteiger partial charge on any atom is 0.471 e. The zero-order valence-electron chi connectivity index (χ0n) is 38.1. The van der Waals surface area contributed by atoms with Gasteiger partial charge >= 0.3 is 18.3 Å². The highest BCUT2D eigenvalue weighted by molar-refractivity contribution is 8.19. The lowest BCUT2D eigenvalue weighted by atomic mass is 10.1. The molecule has 4 aliphatic rings. The number of Topliss-reactive ketones (excluding diaryl/α,β-unsaturated/α-hetero) is 1. The summed E-state index contributed by atoms with van der Waals surface area (Å²) in [6.07, 6.45) is -3.82. The second-order valence-corrected chi connectivity index (χ2v) is 18.6. The molecular formula is C46H43F6N5O10S4. The lowest BCUT2D eigenvalue weighted by molar-refractivity contribution is -0.173. The van der Waals surface area contributed by atoms with Gasteiger partial charge in [0.05, 0.1) is 20.5 Å². The summed E-state index contributed by atoms with van der Waals surface area (Å²) in [7, 11) is 0. The first-order valence-electron chi connectivity index (χ1n) is 20.5. The molecule has 0 radical (unpaired) electrons. The highest BCUT2D eigenvalue weighted by Gasteiger charge is 2.40. The number of imide groups is 4. The van der Waals surface area contributed by atoms with Crippen molar-refractivity contribution in [2.24, 2.45) is 0 Å². The Balaban J connectivity index is 0.000000252. The van der Waals surface area contributed by atoms with Crippen molar-refractivity contribution < 1.29 is 74.3 Å². The molecule has 0 saturated carbocycles. The van der Waals surface area contributed by atoms with Crippen LogP contribution in [0.1, 0.15) is 53.6 Å². The maximum atomic E-state index is 12.1. The van der Waals surface area contributed by atoms with E-state index in [2.05, 4.69) is 10.6 Å². The lowest BCUT2D eigenvalue weighted by Gasteiger charge is -2.13. The fourth-order valence-electron chi connectivity index (χ4n) is 5.17. The summed E-state index contributed by atoms with van der Waals surface area (Å²) >= 11 is 3.67. The smallest absolute Gasteiger partial charge is 0.346 e. The molecule has 0 unspecified atom stereocenters. The Kier molecular flexibility index (Phi) is 22.6. The number of carbonyl (C=O) groups is 10. The molecule has 4 aliphatic heterocycles. The number of amides is 9. The van der Waals surface area contributed by atoms with Crippen molar-refractivity contribution in [1.29, 1.82) is 0 Å². The van der Waals surface area contributed by atoms with Gasteiger partial charge in [0.1, 0.15) is 0 Å². The fourth-order valence-corrected chi connectivity index (χ4v) is 8.10. The summed E-state index contributed by atoms with van der Waals surface area (Å²) in [5.41, 5.74) is 5.98. The zero-order valence-corrected chi connectivity index (χ0v) is 41.3. The van der Waals surface area contributed by atoms with Crippen LogP contribution in [0.4, 0.5) is 45.5 Å². The van der Waals surface area contributed by atoms with Crippen LogP contribution in [-0.4, -0.2) is 104 Å². The van der Waals surface area contributed by atoms with Gasteiger partial charge in [-0.2, -0.15) is 26.3 Å². The molecule has 4 fully saturated rings. The third-order valence-electron chi connectivity index (χ3n) is 8.82. The van der Waals surface area contributed by atoms with Gasteiger partial charge in [-0.05, 0) is 97.4 Å². The van der Waals surface area contributed by atoms with Crippen LogP contribution in [0, 0.1) is 20.8 Å². The quantitative estimate of drug-likeness (QED) is 0.142. The minimum Gasteiger partial charge on any atom is -0.346 e. The van der Waals surface area contributed by atoms with E-state index in [1.54, 1.807) is 35.7 Å². The van der Waals surface area contributed by atoms with E-state index in [0.717, 1.165) is 74.4 Å². The van der Waals surface area contributed by atoms with Gasteiger partial charge in [-0.3, -0.25) is 68.4 Å². The molecule has 0 atom stereocenters.